The molecule has 4 heteroatoms. The van der Waals surface area contributed by atoms with Gasteiger partial charge in [0.15, 0.2) is 0 Å². The third-order valence-electron chi connectivity index (χ3n) is 2.51. The van der Waals surface area contributed by atoms with Gasteiger partial charge in [-0.3, -0.25) is 4.79 Å². The summed E-state index contributed by atoms with van der Waals surface area (Å²) in [6.07, 6.45) is 3.53. The van der Waals surface area contributed by atoms with E-state index in [2.05, 4.69) is 0 Å². The van der Waals surface area contributed by atoms with E-state index in [1.54, 1.807) is 6.92 Å². The van der Waals surface area contributed by atoms with Gasteiger partial charge < -0.3 is 15.2 Å². The van der Waals surface area contributed by atoms with Gasteiger partial charge in [-0.15, -0.1) is 0 Å². The van der Waals surface area contributed by atoms with Crippen LogP contribution in [0.2, 0.25) is 0 Å². The summed E-state index contributed by atoms with van der Waals surface area (Å²) in [5, 5.41) is 0. The molecule has 0 saturated carbocycles. The molecule has 2 bridgehead atoms. The van der Waals surface area contributed by atoms with Crippen molar-refractivity contribution < 1.29 is 14.3 Å². The lowest BCUT2D eigenvalue weighted by Crippen LogP contribution is -2.42. The zero-order chi connectivity index (χ0) is 9.42. The molecular weight excluding hydrogens is 170 g/mol. The summed E-state index contributed by atoms with van der Waals surface area (Å²) < 4.78 is 10.3. The van der Waals surface area contributed by atoms with Crippen LogP contribution in [0.3, 0.4) is 0 Å². The van der Waals surface area contributed by atoms with E-state index in [0.29, 0.717) is 6.61 Å². The molecule has 2 aliphatic heterocycles. The average Bonchev–Trinajstić information content (AvgIpc) is 2.63. The Morgan fingerprint density at radius 1 is 1.54 bits per heavy atom. The molecule has 0 aromatic rings. The van der Waals surface area contributed by atoms with Crippen LogP contribution in [0.1, 0.15) is 6.92 Å². The molecule has 0 amide bonds. The number of hydrogen-bond acceptors (Lipinski definition) is 4. The van der Waals surface area contributed by atoms with Crippen LogP contribution in [-0.4, -0.2) is 30.8 Å². The van der Waals surface area contributed by atoms with Crippen LogP contribution in [0.5, 0.6) is 0 Å². The number of carbonyl (C=O) groups is 1. The van der Waals surface area contributed by atoms with E-state index in [1.807, 2.05) is 12.2 Å². The smallest absolute Gasteiger partial charge is 0.313 e. The van der Waals surface area contributed by atoms with Crippen molar-refractivity contribution in [3.05, 3.63) is 12.2 Å². The van der Waals surface area contributed by atoms with E-state index in [1.165, 1.54) is 0 Å². The summed E-state index contributed by atoms with van der Waals surface area (Å²) >= 11 is 0. The van der Waals surface area contributed by atoms with Crippen molar-refractivity contribution in [1.82, 2.24) is 0 Å². The molecule has 2 N–H and O–H groups in total. The second kappa shape index (κ2) is 3.12. The van der Waals surface area contributed by atoms with E-state index in [-0.39, 0.29) is 30.1 Å². The lowest BCUT2D eigenvalue weighted by molar-refractivity contribution is -0.149. The Hall–Kier alpha value is -0.870. The largest absolute Gasteiger partial charge is 0.466 e. The second-order valence-corrected chi connectivity index (χ2v) is 3.31. The van der Waals surface area contributed by atoms with E-state index in [0.717, 1.165) is 0 Å². The van der Waals surface area contributed by atoms with Crippen LogP contribution < -0.4 is 5.73 Å². The molecule has 4 atom stereocenters. The first-order chi connectivity index (χ1) is 6.24. The summed E-state index contributed by atoms with van der Waals surface area (Å²) in [6, 6.07) is -0.242. The van der Waals surface area contributed by atoms with Crippen LogP contribution in [0.4, 0.5) is 0 Å². The summed E-state index contributed by atoms with van der Waals surface area (Å²) in [4.78, 5) is 11.4. The van der Waals surface area contributed by atoms with Crippen LogP contribution in [0, 0.1) is 5.92 Å². The van der Waals surface area contributed by atoms with Gasteiger partial charge in [0.1, 0.15) is 5.92 Å². The Morgan fingerprint density at radius 3 is 2.77 bits per heavy atom. The van der Waals surface area contributed by atoms with Crippen molar-refractivity contribution in [2.24, 2.45) is 11.7 Å². The molecule has 72 valence electrons. The van der Waals surface area contributed by atoms with Gasteiger partial charge in [0.2, 0.25) is 0 Å². The number of ether oxygens (including phenoxy) is 2. The van der Waals surface area contributed by atoms with Crippen molar-refractivity contribution in [2.75, 3.05) is 6.61 Å². The highest BCUT2D eigenvalue weighted by Crippen LogP contribution is 2.33. The molecule has 1 fully saturated rings. The van der Waals surface area contributed by atoms with Crippen LogP contribution in [-0.2, 0) is 14.3 Å². The number of fused-ring (bicyclic) bond motifs is 2. The fraction of sp³-hybridized carbons (Fsp3) is 0.667. The van der Waals surface area contributed by atoms with Gasteiger partial charge in [-0.25, -0.2) is 0 Å². The van der Waals surface area contributed by atoms with Crippen LogP contribution in [0.25, 0.3) is 0 Å². The zero-order valence-corrected chi connectivity index (χ0v) is 7.47. The van der Waals surface area contributed by atoms with Crippen molar-refractivity contribution in [2.45, 2.75) is 25.2 Å². The first kappa shape index (κ1) is 8.72. The molecule has 0 aromatic carbocycles. The molecule has 4 nitrogen and oxygen atoms in total. The lowest BCUT2D eigenvalue weighted by Gasteiger charge is -2.19. The molecule has 13 heavy (non-hydrogen) atoms. The fourth-order valence-electron chi connectivity index (χ4n) is 1.87. The minimum Gasteiger partial charge on any atom is -0.466 e. The summed E-state index contributed by atoms with van der Waals surface area (Å²) in [6.45, 7) is 2.18. The molecule has 0 aliphatic carbocycles. The third kappa shape index (κ3) is 1.26. The lowest BCUT2D eigenvalue weighted by atomic mass is 9.90. The maximum absolute atomic E-state index is 11.4. The topological polar surface area (TPSA) is 61.5 Å². The maximum Gasteiger partial charge on any atom is 0.313 e. The normalized spacial score (nSPS) is 41.1. The average molecular weight is 183 g/mol. The molecule has 2 aliphatic rings. The van der Waals surface area contributed by atoms with Crippen molar-refractivity contribution >= 4 is 5.97 Å². The predicted octanol–water partition coefficient (Wildman–Crippen LogP) is -0.170. The fourth-order valence-corrected chi connectivity index (χ4v) is 1.87. The highest BCUT2D eigenvalue weighted by atomic mass is 16.5. The van der Waals surface area contributed by atoms with Gasteiger partial charge >= 0.3 is 5.97 Å². The molecule has 1 saturated heterocycles. The van der Waals surface area contributed by atoms with Crippen LogP contribution >= 0.6 is 0 Å². The van der Waals surface area contributed by atoms with E-state index in [4.69, 9.17) is 15.2 Å². The molecule has 0 spiro atoms. The van der Waals surface area contributed by atoms with Crippen molar-refractivity contribution in [3.63, 3.8) is 0 Å². The summed E-state index contributed by atoms with van der Waals surface area (Å²) in [5.41, 5.74) is 5.82. The predicted molar refractivity (Wildman–Crippen MR) is 45.9 cm³/mol. The minimum atomic E-state index is -0.310. The van der Waals surface area contributed by atoms with Gasteiger partial charge in [0.25, 0.3) is 0 Å². The highest BCUT2D eigenvalue weighted by Gasteiger charge is 2.48. The second-order valence-electron chi connectivity index (χ2n) is 3.31. The highest BCUT2D eigenvalue weighted by molar-refractivity contribution is 5.75. The molecule has 0 radical (unpaired) electrons. The van der Waals surface area contributed by atoms with Crippen molar-refractivity contribution in [3.8, 4) is 0 Å². The third-order valence-corrected chi connectivity index (χ3v) is 2.51. The zero-order valence-electron chi connectivity index (χ0n) is 7.47. The Morgan fingerprint density at radius 2 is 2.23 bits per heavy atom. The Labute approximate surface area is 76.7 Å². The quantitative estimate of drug-likeness (QED) is 0.477. The molecule has 2 rings (SSSR count). The molecular formula is C9H13NO3. The van der Waals surface area contributed by atoms with E-state index < -0.39 is 0 Å². The van der Waals surface area contributed by atoms with Gasteiger partial charge in [-0.2, -0.15) is 0 Å². The minimum absolute atomic E-state index is 0.0978. The van der Waals surface area contributed by atoms with Gasteiger partial charge in [0, 0.05) is 0 Å². The summed E-state index contributed by atoms with van der Waals surface area (Å²) in [7, 11) is 0. The first-order valence-electron chi connectivity index (χ1n) is 4.50. The SMILES string of the molecule is CCOC(=O)C1C2C=CC(O2)C1N. The van der Waals surface area contributed by atoms with Gasteiger partial charge in [0.05, 0.1) is 24.9 Å². The van der Waals surface area contributed by atoms with Crippen LogP contribution in [0.15, 0.2) is 12.2 Å². The first-order valence-corrected chi connectivity index (χ1v) is 4.50. The Bertz CT molecular complexity index is 251. The number of hydrogen-bond donors (Lipinski definition) is 1. The Balaban J connectivity index is 2.08. The summed E-state index contributed by atoms with van der Waals surface area (Å²) in [5.74, 6) is -0.554. The number of esters is 1. The monoisotopic (exact) mass is 183 g/mol. The van der Waals surface area contributed by atoms with E-state index in [9.17, 15) is 4.79 Å². The molecule has 4 unspecified atom stereocenters. The number of nitrogens with two attached hydrogens (primary N) is 1. The number of rotatable bonds is 2. The molecule has 0 aromatic heterocycles. The Kier molecular flexibility index (Phi) is 2.09. The van der Waals surface area contributed by atoms with E-state index >= 15 is 0 Å². The van der Waals surface area contributed by atoms with Gasteiger partial charge in [-0.1, -0.05) is 12.2 Å². The maximum atomic E-state index is 11.4. The van der Waals surface area contributed by atoms with Crippen molar-refractivity contribution in [1.29, 1.82) is 0 Å². The number of carbonyl (C=O) groups excluding carboxylic acids is 1. The standard InChI is InChI=1S/C9H13NO3/c1-2-12-9(11)7-5-3-4-6(13-5)8(7)10/h3-8H,2,10H2,1H3. The van der Waals surface area contributed by atoms with Gasteiger partial charge in [-0.05, 0) is 6.92 Å². The molecule has 2 heterocycles.